The number of rotatable bonds is 3. The van der Waals surface area contributed by atoms with Crippen LogP contribution >= 0.6 is 27.5 Å². The molecule has 1 aliphatic carbocycles. The third-order valence-corrected chi connectivity index (χ3v) is 4.06. The van der Waals surface area contributed by atoms with Gasteiger partial charge in [0, 0.05) is 10.4 Å². The highest BCUT2D eigenvalue weighted by Crippen LogP contribution is 2.36. The van der Waals surface area contributed by atoms with Crippen LogP contribution in [-0.2, 0) is 0 Å². The molecule has 0 heterocycles. The van der Waals surface area contributed by atoms with Crippen LogP contribution in [0, 0.1) is 6.92 Å². The van der Waals surface area contributed by atoms with Gasteiger partial charge in [0.15, 0.2) is 0 Å². The number of hydrogen-bond acceptors (Lipinski definition) is 1. The van der Waals surface area contributed by atoms with Gasteiger partial charge >= 0.3 is 0 Å². The normalized spacial score (nSPS) is 16.9. The van der Waals surface area contributed by atoms with E-state index >= 15 is 0 Å². The predicted molar refractivity (Wildman–Crippen MR) is 69.0 cm³/mol. The molecular formula is C12H13BrClNO. The van der Waals surface area contributed by atoms with Crippen molar-refractivity contribution in [3.8, 4) is 0 Å². The van der Waals surface area contributed by atoms with Gasteiger partial charge in [-0.05, 0) is 47.8 Å². The number of hydrogen-bond donors (Lipinski definition) is 1. The van der Waals surface area contributed by atoms with Crippen molar-refractivity contribution in [2.24, 2.45) is 0 Å². The average Bonchev–Trinajstić information content (AvgIpc) is 3.02. The molecule has 1 aliphatic rings. The number of carbonyl (C=O) groups excluding carboxylic acids is 1. The molecule has 4 heteroatoms. The maximum absolute atomic E-state index is 12.0. The van der Waals surface area contributed by atoms with E-state index in [1.165, 1.54) is 0 Å². The summed E-state index contributed by atoms with van der Waals surface area (Å²) in [5.41, 5.74) is 1.60. The predicted octanol–water partition coefficient (Wildman–Crippen LogP) is 3.26. The Hall–Kier alpha value is -0.540. The quantitative estimate of drug-likeness (QED) is 0.853. The van der Waals surface area contributed by atoms with Gasteiger partial charge in [-0.15, -0.1) is 11.6 Å². The van der Waals surface area contributed by atoms with Crippen LogP contribution in [0.4, 0.5) is 0 Å². The fourth-order valence-electron chi connectivity index (χ4n) is 1.56. The van der Waals surface area contributed by atoms with Crippen LogP contribution in [0.1, 0.15) is 28.8 Å². The lowest BCUT2D eigenvalue weighted by atomic mass is 10.1. The van der Waals surface area contributed by atoms with Gasteiger partial charge < -0.3 is 5.32 Å². The molecule has 1 amide bonds. The molecule has 0 spiro atoms. The standard InChI is InChI=1S/C12H13BrClNO/c1-8-2-3-10(13)9(6-8)11(16)15-12(7-14)4-5-12/h2-3,6H,4-5,7H2,1H3,(H,15,16). The molecule has 16 heavy (non-hydrogen) atoms. The van der Waals surface area contributed by atoms with E-state index in [4.69, 9.17) is 11.6 Å². The van der Waals surface area contributed by atoms with Crippen molar-refractivity contribution in [3.63, 3.8) is 0 Å². The summed E-state index contributed by atoms with van der Waals surface area (Å²) >= 11 is 9.22. The van der Waals surface area contributed by atoms with E-state index < -0.39 is 0 Å². The van der Waals surface area contributed by atoms with Gasteiger partial charge in [-0.25, -0.2) is 0 Å². The van der Waals surface area contributed by atoms with Gasteiger partial charge in [0.2, 0.25) is 0 Å². The number of aryl methyl sites for hydroxylation is 1. The molecule has 0 aromatic heterocycles. The van der Waals surface area contributed by atoms with Crippen molar-refractivity contribution in [1.29, 1.82) is 0 Å². The molecule has 2 rings (SSSR count). The summed E-state index contributed by atoms with van der Waals surface area (Å²) in [5.74, 6) is 0.441. The molecule has 0 aliphatic heterocycles. The molecule has 1 fully saturated rings. The number of halogens is 2. The number of amides is 1. The van der Waals surface area contributed by atoms with Crippen LogP contribution in [0.15, 0.2) is 22.7 Å². The summed E-state index contributed by atoms with van der Waals surface area (Å²) in [5, 5.41) is 3.00. The van der Waals surface area contributed by atoms with Crippen LogP contribution in [-0.4, -0.2) is 17.3 Å². The summed E-state index contributed by atoms with van der Waals surface area (Å²) < 4.78 is 0.820. The van der Waals surface area contributed by atoms with Crippen LogP contribution in [0.25, 0.3) is 0 Å². The van der Waals surface area contributed by atoms with E-state index in [-0.39, 0.29) is 11.4 Å². The number of benzene rings is 1. The lowest BCUT2D eigenvalue weighted by Crippen LogP contribution is -2.38. The first-order valence-electron chi connectivity index (χ1n) is 5.21. The van der Waals surface area contributed by atoms with E-state index in [1.807, 2.05) is 25.1 Å². The number of alkyl halides is 1. The molecule has 0 saturated heterocycles. The van der Waals surface area contributed by atoms with E-state index in [0.717, 1.165) is 22.9 Å². The van der Waals surface area contributed by atoms with Gasteiger partial charge in [0.1, 0.15) is 0 Å². The Kier molecular flexibility index (Phi) is 3.27. The van der Waals surface area contributed by atoms with Gasteiger partial charge in [-0.2, -0.15) is 0 Å². The third kappa shape index (κ3) is 2.41. The molecule has 0 unspecified atom stereocenters. The molecule has 0 atom stereocenters. The Labute approximate surface area is 108 Å². The maximum atomic E-state index is 12.0. The Morgan fingerprint density at radius 1 is 1.56 bits per heavy atom. The first-order chi connectivity index (χ1) is 7.56. The molecule has 0 bridgehead atoms. The van der Waals surface area contributed by atoms with Crippen molar-refractivity contribution < 1.29 is 4.79 Å². The zero-order valence-corrected chi connectivity index (χ0v) is 11.4. The molecule has 1 N–H and O–H groups in total. The highest BCUT2D eigenvalue weighted by Gasteiger charge is 2.43. The molecule has 1 saturated carbocycles. The largest absolute Gasteiger partial charge is 0.345 e. The second-order valence-corrected chi connectivity index (χ2v) is 5.47. The molecule has 0 radical (unpaired) electrons. The van der Waals surface area contributed by atoms with Crippen molar-refractivity contribution in [1.82, 2.24) is 5.32 Å². The molecular weight excluding hydrogens is 289 g/mol. The number of carbonyl (C=O) groups is 1. The van der Waals surface area contributed by atoms with Gasteiger partial charge in [0.05, 0.1) is 11.1 Å². The first kappa shape index (κ1) is 11.9. The topological polar surface area (TPSA) is 29.1 Å². The van der Waals surface area contributed by atoms with Crippen molar-refractivity contribution in [3.05, 3.63) is 33.8 Å². The van der Waals surface area contributed by atoms with Crippen LogP contribution < -0.4 is 5.32 Å². The fraction of sp³-hybridized carbons (Fsp3) is 0.417. The zero-order chi connectivity index (χ0) is 11.8. The van der Waals surface area contributed by atoms with E-state index in [1.54, 1.807) is 0 Å². The van der Waals surface area contributed by atoms with Crippen molar-refractivity contribution in [2.75, 3.05) is 5.88 Å². The van der Waals surface area contributed by atoms with E-state index in [9.17, 15) is 4.79 Å². The second kappa shape index (κ2) is 4.38. The highest BCUT2D eigenvalue weighted by atomic mass is 79.9. The molecule has 86 valence electrons. The van der Waals surface area contributed by atoms with Gasteiger partial charge in [-0.1, -0.05) is 11.6 Å². The highest BCUT2D eigenvalue weighted by molar-refractivity contribution is 9.10. The molecule has 1 aromatic rings. The summed E-state index contributed by atoms with van der Waals surface area (Å²) in [7, 11) is 0. The van der Waals surface area contributed by atoms with Crippen LogP contribution in [0.3, 0.4) is 0 Å². The van der Waals surface area contributed by atoms with Gasteiger partial charge in [0.25, 0.3) is 5.91 Å². The van der Waals surface area contributed by atoms with Crippen molar-refractivity contribution >= 4 is 33.4 Å². The lowest BCUT2D eigenvalue weighted by molar-refractivity contribution is 0.0935. The lowest BCUT2D eigenvalue weighted by Gasteiger charge is -2.15. The average molecular weight is 303 g/mol. The Morgan fingerprint density at radius 2 is 2.25 bits per heavy atom. The summed E-state index contributed by atoms with van der Waals surface area (Å²) in [6.45, 7) is 1.97. The van der Waals surface area contributed by atoms with E-state index in [0.29, 0.717) is 11.4 Å². The minimum atomic E-state index is -0.151. The number of nitrogens with one attached hydrogen (secondary N) is 1. The Morgan fingerprint density at radius 3 is 2.81 bits per heavy atom. The summed E-state index contributed by atoms with van der Waals surface area (Å²) in [6.07, 6.45) is 1.96. The Bertz CT molecular complexity index is 429. The maximum Gasteiger partial charge on any atom is 0.252 e. The van der Waals surface area contributed by atoms with E-state index in [2.05, 4.69) is 21.2 Å². The van der Waals surface area contributed by atoms with Crippen molar-refractivity contribution in [2.45, 2.75) is 25.3 Å². The second-order valence-electron chi connectivity index (χ2n) is 4.35. The zero-order valence-electron chi connectivity index (χ0n) is 9.02. The smallest absolute Gasteiger partial charge is 0.252 e. The molecule has 1 aromatic carbocycles. The monoisotopic (exact) mass is 301 g/mol. The minimum Gasteiger partial charge on any atom is -0.345 e. The third-order valence-electron chi connectivity index (χ3n) is 2.85. The summed E-state index contributed by atoms with van der Waals surface area (Å²) in [6, 6.07) is 5.74. The van der Waals surface area contributed by atoms with Crippen LogP contribution in [0.5, 0.6) is 0 Å². The SMILES string of the molecule is Cc1ccc(Br)c(C(=O)NC2(CCl)CC2)c1. The first-order valence-corrected chi connectivity index (χ1v) is 6.54. The summed E-state index contributed by atoms with van der Waals surface area (Å²) in [4.78, 5) is 12.0. The molecule has 2 nitrogen and oxygen atoms in total. The van der Waals surface area contributed by atoms with Crippen LogP contribution in [0.2, 0.25) is 0 Å². The minimum absolute atomic E-state index is 0.0475. The Balaban J connectivity index is 2.17. The fourth-order valence-corrected chi connectivity index (χ4v) is 2.32. The van der Waals surface area contributed by atoms with Gasteiger partial charge in [-0.3, -0.25) is 4.79 Å².